The predicted octanol–water partition coefficient (Wildman–Crippen LogP) is 2.76. The first-order valence-electron chi connectivity index (χ1n) is 9.46. The van der Waals surface area contributed by atoms with E-state index in [2.05, 4.69) is 15.3 Å². The van der Waals surface area contributed by atoms with Gasteiger partial charge in [0.05, 0.1) is 6.20 Å². The average Bonchev–Trinajstić information content (AvgIpc) is 3.36. The zero-order valence-electron chi connectivity index (χ0n) is 15.5. The molecular weight excluding hydrogens is 340 g/mol. The van der Waals surface area contributed by atoms with Crippen LogP contribution in [0.25, 0.3) is 11.3 Å². The van der Waals surface area contributed by atoms with Crippen molar-refractivity contribution in [1.29, 1.82) is 0 Å². The van der Waals surface area contributed by atoms with Crippen molar-refractivity contribution in [3.63, 3.8) is 0 Å². The molecule has 27 heavy (non-hydrogen) atoms. The third-order valence-electron chi connectivity index (χ3n) is 5.20. The highest BCUT2D eigenvalue weighted by Crippen LogP contribution is 2.22. The van der Waals surface area contributed by atoms with Gasteiger partial charge in [-0.05, 0) is 25.7 Å². The number of hydrogen-bond donors (Lipinski definition) is 0. The van der Waals surface area contributed by atoms with E-state index in [0.29, 0.717) is 5.82 Å². The number of aromatic nitrogens is 5. The van der Waals surface area contributed by atoms with Crippen LogP contribution in [0.15, 0.2) is 48.9 Å². The summed E-state index contributed by atoms with van der Waals surface area (Å²) < 4.78 is 3.66. The maximum Gasteiger partial charge on any atom is 0.290 e. The molecular formula is C20H24N6O. The highest BCUT2D eigenvalue weighted by molar-refractivity contribution is 5.91. The predicted molar refractivity (Wildman–Crippen MR) is 102 cm³/mol. The van der Waals surface area contributed by atoms with Gasteiger partial charge in [0.15, 0.2) is 5.82 Å². The minimum atomic E-state index is 0.0239. The molecule has 2 aromatic heterocycles. The molecule has 4 rings (SSSR count). The number of carbonyl (C=O) groups excluding carboxylic acids is 1. The lowest BCUT2D eigenvalue weighted by atomic mass is 9.99. The zero-order valence-corrected chi connectivity index (χ0v) is 15.5. The van der Waals surface area contributed by atoms with E-state index >= 15 is 0 Å². The molecule has 1 unspecified atom stereocenters. The van der Waals surface area contributed by atoms with Gasteiger partial charge in [0.1, 0.15) is 5.69 Å². The number of aryl methyl sites for hydroxylation is 2. The smallest absolute Gasteiger partial charge is 0.290 e. The van der Waals surface area contributed by atoms with Gasteiger partial charge in [0.2, 0.25) is 0 Å². The van der Waals surface area contributed by atoms with Gasteiger partial charge in [0.25, 0.3) is 5.91 Å². The van der Waals surface area contributed by atoms with Gasteiger partial charge >= 0.3 is 0 Å². The van der Waals surface area contributed by atoms with Crippen molar-refractivity contribution >= 4 is 5.91 Å². The molecule has 1 atom stereocenters. The van der Waals surface area contributed by atoms with Crippen molar-refractivity contribution in [1.82, 2.24) is 29.4 Å². The van der Waals surface area contributed by atoms with Gasteiger partial charge in [-0.15, -0.1) is 5.10 Å². The third kappa shape index (κ3) is 3.77. The maximum absolute atomic E-state index is 12.9. The molecule has 3 heterocycles. The Morgan fingerprint density at radius 3 is 2.85 bits per heavy atom. The number of hydrogen-bond acceptors (Lipinski definition) is 4. The van der Waals surface area contributed by atoms with E-state index in [1.807, 2.05) is 59.4 Å². The van der Waals surface area contributed by atoms with Crippen LogP contribution in [0, 0.1) is 0 Å². The molecule has 0 spiro atoms. The summed E-state index contributed by atoms with van der Waals surface area (Å²) in [6.45, 7) is 1.54. The molecule has 1 aromatic carbocycles. The van der Waals surface area contributed by atoms with E-state index < -0.39 is 0 Å². The van der Waals surface area contributed by atoms with Crippen LogP contribution in [0.5, 0.6) is 0 Å². The van der Waals surface area contributed by atoms with Crippen molar-refractivity contribution in [2.75, 3.05) is 6.54 Å². The summed E-state index contributed by atoms with van der Waals surface area (Å²) >= 11 is 0. The molecule has 0 N–H and O–H groups in total. The minimum Gasteiger partial charge on any atom is -0.333 e. The molecule has 1 saturated heterocycles. The average molecular weight is 364 g/mol. The summed E-state index contributed by atoms with van der Waals surface area (Å²) in [5, 5.41) is 8.53. The highest BCUT2D eigenvalue weighted by Gasteiger charge is 2.29. The number of carbonyl (C=O) groups is 1. The monoisotopic (exact) mass is 364 g/mol. The fraction of sp³-hybridized carbons (Fsp3) is 0.400. The minimum absolute atomic E-state index is 0.0239. The molecule has 0 aliphatic carbocycles. The first-order chi connectivity index (χ1) is 13.2. The van der Waals surface area contributed by atoms with Crippen molar-refractivity contribution in [2.45, 2.75) is 38.3 Å². The summed E-state index contributed by atoms with van der Waals surface area (Å²) in [6, 6.07) is 10.3. The van der Waals surface area contributed by atoms with Gasteiger partial charge in [-0.1, -0.05) is 35.5 Å². The van der Waals surface area contributed by atoms with Crippen LogP contribution in [-0.4, -0.2) is 47.9 Å². The summed E-state index contributed by atoms with van der Waals surface area (Å²) in [5.41, 5.74) is 1.94. The molecule has 0 saturated carbocycles. The summed E-state index contributed by atoms with van der Waals surface area (Å²) in [5.74, 6) is 0.532. The second-order valence-electron chi connectivity index (χ2n) is 7.03. The highest BCUT2D eigenvalue weighted by atomic mass is 16.2. The van der Waals surface area contributed by atoms with Crippen LogP contribution >= 0.6 is 0 Å². The standard InChI is InChI=1S/C20H24N6O/c1-24-14-11-21-19(24)20(27)26-12-6-5-9-17(26)10-13-25-15-18(22-23-25)16-7-3-2-4-8-16/h2-4,7-8,11,14-15,17H,5-6,9-10,12-13H2,1H3. The van der Waals surface area contributed by atoms with Gasteiger partial charge < -0.3 is 9.47 Å². The Morgan fingerprint density at radius 1 is 1.22 bits per heavy atom. The van der Waals surface area contributed by atoms with E-state index in [4.69, 9.17) is 0 Å². The van der Waals surface area contributed by atoms with Crippen LogP contribution in [0.3, 0.4) is 0 Å². The molecule has 1 amide bonds. The number of benzene rings is 1. The van der Waals surface area contributed by atoms with Crippen molar-refractivity contribution < 1.29 is 4.79 Å². The lowest BCUT2D eigenvalue weighted by molar-refractivity contribution is 0.0577. The van der Waals surface area contributed by atoms with Gasteiger partial charge in [-0.2, -0.15) is 0 Å². The Morgan fingerprint density at radius 2 is 2.07 bits per heavy atom. The molecule has 1 fully saturated rings. The molecule has 0 bridgehead atoms. The first kappa shape index (κ1) is 17.5. The van der Waals surface area contributed by atoms with E-state index in [1.54, 1.807) is 10.8 Å². The zero-order chi connectivity index (χ0) is 18.6. The fourth-order valence-electron chi connectivity index (χ4n) is 3.70. The second-order valence-corrected chi connectivity index (χ2v) is 7.03. The van der Waals surface area contributed by atoms with Crippen molar-refractivity contribution in [2.24, 2.45) is 7.05 Å². The van der Waals surface area contributed by atoms with Crippen LogP contribution in [0.2, 0.25) is 0 Å². The Kier molecular flexibility index (Phi) is 5.00. The lowest BCUT2D eigenvalue weighted by Crippen LogP contribution is -2.45. The molecule has 7 heteroatoms. The fourth-order valence-corrected chi connectivity index (χ4v) is 3.70. The third-order valence-corrected chi connectivity index (χ3v) is 5.20. The van der Waals surface area contributed by atoms with Crippen LogP contribution < -0.4 is 0 Å². The Labute approximate surface area is 158 Å². The summed E-state index contributed by atoms with van der Waals surface area (Å²) in [7, 11) is 1.86. The molecule has 140 valence electrons. The Balaban J connectivity index is 1.43. The van der Waals surface area contributed by atoms with E-state index in [9.17, 15) is 4.79 Å². The second kappa shape index (κ2) is 7.73. The van der Waals surface area contributed by atoms with Gasteiger partial charge in [0, 0.05) is 44.1 Å². The number of nitrogens with zero attached hydrogens (tertiary/aromatic N) is 6. The van der Waals surface area contributed by atoms with E-state index in [-0.39, 0.29) is 11.9 Å². The maximum atomic E-state index is 12.9. The van der Waals surface area contributed by atoms with E-state index in [0.717, 1.165) is 50.0 Å². The molecule has 0 radical (unpaired) electrons. The number of rotatable bonds is 5. The summed E-state index contributed by atoms with van der Waals surface area (Å²) in [4.78, 5) is 19.1. The molecule has 1 aliphatic heterocycles. The summed E-state index contributed by atoms with van der Waals surface area (Å²) in [6.07, 6.45) is 9.56. The Hall–Kier alpha value is -2.96. The van der Waals surface area contributed by atoms with Crippen LogP contribution in [-0.2, 0) is 13.6 Å². The first-order valence-corrected chi connectivity index (χ1v) is 9.46. The number of piperidine rings is 1. The largest absolute Gasteiger partial charge is 0.333 e. The SMILES string of the molecule is Cn1ccnc1C(=O)N1CCCCC1CCn1cc(-c2ccccc2)nn1. The molecule has 1 aliphatic rings. The topological polar surface area (TPSA) is 68.8 Å². The normalized spacial score (nSPS) is 17.2. The van der Waals surface area contributed by atoms with Crippen LogP contribution in [0.1, 0.15) is 36.3 Å². The Bertz CT molecular complexity index is 900. The number of amides is 1. The van der Waals surface area contributed by atoms with E-state index in [1.165, 1.54) is 0 Å². The van der Waals surface area contributed by atoms with Gasteiger partial charge in [-0.25, -0.2) is 4.98 Å². The quantitative estimate of drug-likeness (QED) is 0.698. The number of likely N-dealkylation sites (tertiary alicyclic amines) is 1. The molecule has 3 aromatic rings. The van der Waals surface area contributed by atoms with Crippen molar-refractivity contribution in [3.8, 4) is 11.3 Å². The van der Waals surface area contributed by atoms with Crippen molar-refractivity contribution in [3.05, 3.63) is 54.7 Å². The number of imidazole rings is 1. The van der Waals surface area contributed by atoms with Crippen LogP contribution in [0.4, 0.5) is 0 Å². The van der Waals surface area contributed by atoms with Gasteiger partial charge in [-0.3, -0.25) is 9.48 Å². The molecule has 7 nitrogen and oxygen atoms in total. The lowest BCUT2D eigenvalue weighted by Gasteiger charge is -2.35.